The summed E-state index contributed by atoms with van der Waals surface area (Å²) in [6, 6.07) is 12.3. The topological polar surface area (TPSA) is 58.2 Å². The average Bonchev–Trinajstić information content (AvgIpc) is 2.70. The van der Waals surface area contributed by atoms with E-state index in [9.17, 15) is 9.59 Å². The first-order valence-electron chi connectivity index (χ1n) is 10.1. The number of hydrogen-bond donors (Lipinski definition) is 2. The highest BCUT2D eigenvalue weighted by Gasteiger charge is 2.33. The van der Waals surface area contributed by atoms with Gasteiger partial charge in [0.05, 0.1) is 10.7 Å². The Labute approximate surface area is 170 Å². The molecule has 1 aliphatic heterocycles. The molecule has 0 fully saturated rings. The zero-order valence-electron chi connectivity index (χ0n) is 15.9. The molecule has 5 heteroatoms. The summed E-state index contributed by atoms with van der Waals surface area (Å²) >= 11 is 6.36. The number of halogens is 1. The monoisotopic (exact) mass is 396 g/mol. The van der Waals surface area contributed by atoms with Crippen molar-refractivity contribution in [2.45, 2.75) is 38.5 Å². The van der Waals surface area contributed by atoms with Crippen molar-refractivity contribution < 1.29 is 9.59 Å². The fraction of sp³-hybridized carbons (Fsp3) is 0.391. The van der Waals surface area contributed by atoms with Gasteiger partial charge in [-0.05, 0) is 61.4 Å². The molecule has 4 nitrogen and oxygen atoms in total. The second-order valence-electron chi connectivity index (χ2n) is 7.69. The van der Waals surface area contributed by atoms with E-state index in [2.05, 4.69) is 34.9 Å². The fourth-order valence-corrected chi connectivity index (χ4v) is 4.58. The van der Waals surface area contributed by atoms with Gasteiger partial charge in [-0.2, -0.15) is 0 Å². The summed E-state index contributed by atoms with van der Waals surface area (Å²) < 4.78 is 0. The minimum absolute atomic E-state index is 0.00729. The van der Waals surface area contributed by atoms with E-state index in [1.165, 1.54) is 5.56 Å². The number of ketones is 1. The van der Waals surface area contributed by atoms with Crippen LogP contribution in [0.15, 0.2) is 36.4 Å². The molecule has 2 N–H and O–H groups in total. The Morgan fingerprint density at radius 3 is 2.75 bits per heavy atom. The maximum atomic E-state index is 13.2. The quantitative estimate of drug-likeness (QED) is 0.720. The number of carbonyl (C=O) groups is 2. The third-order valence-corrected chi connectivity index (χ3v) is 6.06. The van der Waals surface area contributed by atoms with Crippen LogP contribution in [-0.4, -0.2) is 24.8 Å². The molecule has 0 spiro atoms. The lowest BCUT2D eigenvalue weighted by Crippen LogP contribution is -2.34. The van der Waals surface area contributed by atoms with Crippen molar-refractivity contribution in [2.24, 2.45) is 5.92 Å². The summed E-state index contributed by atoms with van der Waals surface area (Å²) in [5.74, 6) is 0.155. The average molecular weight is 397 g/mol. The Morgan fingerprint density at radius 2 is 1.93 bits per heavy atom. The van der Waals surface area contributed by atoms with Gasteiger partial charge in [0.25, 0.3) is 0 Å². The summed E-state index contributed by atoms with van der Waals surface area (Å²) in [6.07, 6.45) is 4.80. The van der Waals surface area contributed by atoms with Crippen molar-refractivity contribution in [3.63, 3.8) is 0 Å². The number of benzene rings is 2. The number of nitrogens with one attached hydrogen (secondary N) is 2. The van der Waals surface area contributed by atoms with Gasteiger partial charge in [0.1, 0.15) is 0 Å². The number of amides is 1. The van der Waals surface area contributed by atoms with Crippen molar-refractivity contribution in [2.75, 3.05) is 18.4 Å². The molecule has 1 unspecified atom stereocenters. The van der Waals surface area contributed by atoms with Crippen LogP contribution in [0, 0.1) is 5.92 Å². The number of hydrogen-bond acceptors (Lipinski definition) is 3. The number of Topliss-reactive ketones (excluding diaryl/α,β-unsaturated/α-hetero) is 1. The van der Waals surface area contributed by atoms with E-state index in [-0.39, 0.29) is 17.6 Å². The number of carbonyl (C=O) groups excluding carboxylic acids is 2. The molecule has 28 heavy (non-hydrogen) atoms. The summed E-state index contributed by atoms with van der Waals surface area (Å²) in [7, 11) is 0. The summed E-state index contributed by atoms with van der Waals surface area (Å²) in [4.78, 5) is 24.9. The third-order valence-electron chi connectivity index (χ3n) is 5.76. The van der Waals surface area contributed by atoms with Crippen LogP contribution in [0.25, 0.3) is 0 Å². The molecule has 0 saturated heterocycles. The van der Waals surface area contributed by atoms with Crippen molar-refractivity contribution >= 4 is 29.0 Å². The van der Waals surface area contributed by atoms with E-state index >= 15 is 0 Å². The molecular formula is C23H25ClN2O2. The van der Waals surface area contributed by atoms with E-state index in [0.717, 1.165) is 48.9 Å². The number of aryl methyl sites for hydroxylation is 2. The van der Waals surface area contributed by atoms with Gasteiger partial charge >= 0.3 is 0 Å². The van der Waals surface area contributed by atoms with Crippen molar-refractivity contribution in [1.29, 1.82) is 0 Å². The van der Waals surface area contributed by atoms with E-state index in [4.69, 9.17) is 11.6 Å². The first kappa shape index (κ1) is 19.2. The molecule has 4 rings (SSSR count). The Kier molecular flexibility index (Phi) is 5.79. The van der Waals surface area contributed by atoms with Crippen LogP contribution in [0.4, 0.5) is 5.69 Å². The second-order valence-corrected chi connectivity index (χ2v) is 8.09. The van der Waals surface area contributed by atoms with Gasteiger partial charge in [-0.1, -0.05) is 41.9 Å². The molecule has 2 aliphatic rings. The molecule has 2 aromatic rings. The maximum Gasteiger partial charge on any atom is 0.224 e. The van der Waals surface area contributed by atoms with Crippen LogP contribution < -0.4 is 10.6 Å². The highest BCUT2D eigenvalue weighted by Crippen LogP contribution is 2.39. The first-order valence-corrected chi connectivity index (χ1v) is 10.4. The number of fused-ring (bicyclic) bond motifs is 3. The largest absolute Gasteiger partial charge is 0.325 e. The fourth-order valence-electron chi connectivity index (χ4n) is 4.29. The van der Waals surface area contributed by atoms with Crippen molar-refractivity contribution in [3.05, 3.63) is 63.7 Å². The van der Waals surface area contributed by atoms with E-state index in [1.807, 2.05) is 12.1 Å². The molecule has 2 aromatic carbocycles. The Hall–Kier alpha value is -2.17. The molecule has 146 valence electrons. The molecule has 0 saturated carbocycles. The number of anilines is 1. The Balaban J connectivity index is 1.38. The van der Waals surface area contributed by atoms with E-state index < -0.39 is 0 Å². The van der Waals surface area contributed by atoms with Crippen molar-refractivity contribution in [3.8, 4) is 0 Å². The number of rotatable bonds is 6. The zero-order chi connectivity index (χ0) is 19.5. The molecule has 0 radical (unpaired) electrons. The molecule has 1 aliphatic carbocycles. The summed E-state index contributed by atoms with van der Waals surface area (Å²) in [6.45, 7) is 1.61. The molecule has 1 atom stereocenters. The highest BCUT2D eigenvalue weighted by molar-refractivity contribution is 6.34. The molecular weight excluding hydrogens is 372 g/mol. The highest BCUT2D eigenvalue weighted by atomic mass is 35.5. The smallest absolute Gasteiger partial charge is 0.224 e. The molecule has 1 heterocycles. The predicted molar refractivity (Wildman–Crippen MR) is 112 cm³/mol. The van der Waals surface area contributed by atoms with Gasteiger partial charge in [0, 0.05) is 24.4 Å². The minimum atomic E-state index is -0.0331. The van der Waals surface area contributed by atoms with Crippen LogP contribution in [0.2, 0.25) is 5.02 Å². The summed E-state index contributed by atoms with van der Waals surface area (Å²) in [5.41, 5.74) is 4.76. The van der Waals surface area contributed by atoms with Gasteiger partial charge in [-0.25, -0.2) is 0 Å². The standard InChI is InChI=1S/C23H25ClN2O2/c24-19-13-16-8-9-17(14-25-12-4-7-15-5-2-1-3-6-15)23(28)21(16)18-10-11-20(27)26-22(18)19/h1-3,5-6,13,17,25H,4,7-12,14H2,(H,26,27). The van der Waals surface area contributed by atoms with Gasteiger partial charge in [0.15, 0.2) is 5.78 Å². The zero-order valence-corrected chi connectivity index (χ0v) is 16.6. The minimum Gasteiger partial charge on any atom is -0.325 e. The lowest BCUT2D eigenvalue weighted by atomic mass is 9.78. The second kappa shape index (κ2) is 8.46. The maximum absolute atomic E-state index is 13.2. The van der Waals surface area contributed by atoms with Gasteiger partial charge in [-0.15, -0.1) is 0 Å². The van der Waals surface area contributed by atoms with Crippen LogP contribution in [0.3, 0.4) is 0 Å². The third kappa shape index (κ3) is 3.98. The van der Waals surface area contributed by atoms with Crippen molar-refractivity contribution in [1.82, 2.24) is 5.32 Å². The lowest BCUT2D eigenvalue weighted by Gasteiger charge is -2.29. The van der Waals surface area contributed by atoms with Crippen LogP contribution >= 0.6 is 11.6 Å². The molecule has 1 amide bonds. The van der Waals surface area contributed by atoms with Crippen LogP contribution in [0.1, 0.15) is 46.3 Å². The Morgan fingerprint density at radius 1 is 1.11 bits per heavy atom. The molecule has 0 aromatic heterocycles. The van der Waals surface area contributed by atoms with Crippen LogP contribution in [-0.2, 0) is 24.1 Å². The van der Waals surface area contributed by atoms with E-state index in [0.29, 0.717) is 30.1 Å². The lowest BCUT2D eigenvalue weighted by molar-refractivity contribution is -0.116. The normalized spacial score (nSPS) is 18.4. The molecule has 0 bridgehead atoms. The SMILES string of the molecule is O=C1CCc2c(c(Cl)cc3c2C(=O)C(CNCCCc2ccccc2)CC3)N1. The van der Waals surface area contributed by atoms with Crippen LogP contribution in [0.5, 0.6) is 0 Å². The predicted octanol–water partition coefficient (Wildman–Crippen LogP) is 4.19. The van der Waals surface area contributed by atoms with E-state index in [1.54, 1.807) is 0 Å². The summed E-state index contributed by atoms with van der Waals surface area (Å²) in [5, 5.41) is 6.87. The van der Waals surface area contributed by atoms with Gasteiger partial charge < -0.3 is 10.6 Å². The first-order chi connectivity index (χ1) is 13.6. The van der Waals surface area contributed by atoms with Gasteiger partial charge in [0.2, 0.25) is 5.91 Å². The Bertz CT molecular complexity index is 895. The van der Waals surface area contributed by atoms with Gasteiger partial charge in [-0.3, -0.25) is 9.59 Å².